The standard InChI is InChI=1S/C27H30F3N7O/c1-34-22-12-35-7-5-15(22)14-9-17(26(21(33)10-14)36-8-6-31)25(30)16-3-2-4-18(28)24(16)27-19(29)11-20(32)23(13-38)37-27/h2-8,11-14,17,21,25-26,34,36H,9-10,31-33H2,1H3/b8-6-/t14?,17-,21?,25?,26?/m1/s1. The van der Waals surface area contributed by atoms with Gasteiger partial charge in [0.25, 0.3) is 0 Å². The third-order valence-electron chi connectivity index (χ3n) is 7.09. The normalized spacial score (nSPS) is 22.2. The maximum atomic E-state index is 16.7. The predicted molar refractivity (Wildman–Crippen MR) is 141 cm³/mol. The molecule has 1 aromatic carbocycles. The molecule has 1 aliphatic rings. The van der Waals surface area contributed by atoms with Crippen molar-refractivity contribution in [3.8, 4) is 11.3 Å². The molecule has 1 fully saturated rings. The number of alkyl halides is 1. The maximum Gasteiger partial charge on any atom is 0.170 e. The topological polar surface area (TPSA) is 145 Å². The first-order valence-electron chi connectivity index (χ1n) is 12.1. The Morgan fingerprint density at radius 1 is 1.18 bits per heavy atom. The molecule has 0 radical (unpaired) electrons. The molecule has 38 heavy (non-hydrogen) atoms. The van der Waals surface area contributed by atoms with Crippen molar-refractivity contribution in [2.24, 2.45) is 17.4 Å². The summed E-state index contributed by atoms with van der Waals surface area (Å²) >= 11 is 0. The molecular formula is C27H30F3N7O. The van der Waals surface area contributed by atoms with Gasteiger partial charge in [0, 0.05) is 55.3 Å². The number of nitrogens with zero attached hydrogens (tertiary/aromatic N) is 2. The van der Waals surface area contributed by atoms with Gasteiger partial charge in [-0.1, -0.05) is 12.1 Å². The van der Waals surface area contributed by atoms with Gasteiger partial charge in [-0.25, -0.2) is 18.2 Å². The molecule has 5 atom stereocenters. The van der Waals surface area contributed by atoms with Crippen molar-refractivity contribution in [3.05, 3.63) is 83.6 Å². The fourth-order valence-electron chi connectivity index (χ4n) is 5.34. The van der Waals surface area contributed by atoms with Gasteiger partial charge in [0.05, 0.1) is 17.6 Å². The predicted octanol–water partition coefficient (Wildman–Crippen LogP) is 3.78. The highest BCUT2D eigenvalue weighted by molar-refractivity contribution is 5.82. The van der Waals surface area contributed by atoms with Crippen molar-refractivity contribution < 1.29 is 18.0 Å². The number of anilines is 2. The van der Waals surface area contributed by atoms with Crippen LogP contribution in [0.5, 0.6) is 0 Å². The lowest BCUT2D eigenvalue weighted by atomic mass is 9.69. The number of aromatic nitrogens is 2. The number of rotatable bonds is 8. The van der Waals surface area contributed by atoms with Crippen LogP contribution in [0.4, 0.5) is 24.5 Å². The smallest absolute Gasteiger partial charge is 0.170 e. The Morgan fingerprint density at radius 2 is 1.97 bits per heavy atom. The van der Waals surface area contributed by atoms with Gasteiger partial charge in [0.1, 0.15) is 23.4 Å². The van der Waals surface area contributed by atoms with Crippen LogP contribution in [-0.4, -0.2) is 35.4 Å². The van der Waals surface area contributed by atoms with E-state index in [0.29, 0.717) is 19.1 Å². The molecule has 4 rings (SSSR count). The van der Waals surface area contributed by atoms with Crippen LogP contribution < -0.4 is 27.8 Å². The monoisotopic (exact) mass is 525 g/mol. The molecule has 200 valence electrons. The first-order chi connectivity index (χ1) is 18.3. The molecular weight excluding hydrogens is 495 g/mol. The second-order valence-corrected chi connectivity index (χ2v) is 9.28. The van der Waals surface area contributed by atoms with Crippen LogP contribution in [0.1, 0.15) is 46.5 Å². The molecule has 0 aliphatic heterocycles. The lowest BCUT2D eigenvalue weighted by molar-refractivity contribution is 0.112. The van der Waals surface area contributed by atoms with Crippen LogP contribution in [0, 0.1) is 17.6 Å². The van der Waals surface area contributed by atoms with Crippen LogP contribution in [0.15, 0.2) is 55.1 Å². The number of carbonyl (C=O) groups excluding carboxylic acids is 1. The molecule has 0 amide bonds. The highest BCUT2D eigenvalue weighted by Crippen LogP contribution is 2.46. The van der Waals surface area contributed by atoms with Gasteiger partial charge >= 0.3 is 0 Å². The fourth-order valence-corrected chi connectivity index (χ4v) is 5.34. The Bertz CT molecular complexity index is 1340. The molecule has 0 saturated heterocycles. The zero-order valence-corrected chi connectivity index (χ0v) is 20.7. The van der Waals surface area contributed by atoms with E-state index in [9.17, 15) is 9.18 Å². The van der Waals surface area contributed by atoms with Crippen molar-refractivity contribution in [2.75, 3.05) is 18.1 Å². The number of aldehydes is 1. The average Bonchev–Trinajstić information content (AvgIpc) is 2.92. The summed E-state index contributed by atoms with van der Waals surface area (Å²) in [4.78, 5) is 19.5. The summed E-state index contributed by atoms with van der Waals surface area (Å²) in [5.41, 5.74) is 18.0. The first-order valence-corrected chi connectivity index (χ1v) is 12.1. The molecule has 8 N–H and O–H groups in total. The minimum absolute atomic E-state index is 0.108. The minimum Gasteiger partial charge on any atom is -0.403 e. The molecule has 11 heteroatoms. The molecule has 1 saturated carbocycles. The average molecular weight is 526 g/mol. The lowest BCUT2D eigenvalue weighted by Gasteiger charge is -2.42. The van der Waals surface area contributed by atoms with E-state index in [-0.39, 0.29) is 28.4 Å². The summed E-state index contributed by atoms with van der Waals surface area (Å²) in [6.45, 7) is 0. The van der Waals surface area contributed by atoms with Gasteiger partial charge in [0.2, 0.25) is 0 Å². The van der Waals surface area contributed by atoms with Gasteiger partial charge in [0.15, 0.2) is 12.1 Å². The van der Waals surface area contributed by atoms with E-state index in [1.165, 1.54) is 24.5 Å². The van der Waals surface area contributed by atoms with Crippen molar-refractivity contribution in [3.63, 3.8) is 0 Å². The number of halogens is 3. The summed E-state index contributed by atoms with van der Waals surface area (Å²) in [6, 6.07) is 5.51. The van der Waals surface area contributed by atoms with Crippen molar-refractivity contribution in [1.29, 1.82) is 0 Å². The van der Waals surface area contributed by atoms with Crippen LogP contribution >= 0.6 is 0 Å². The SMILES string of the molecule is CNc1cnccc1C1CC(N)C(N/C=C\N)[C@@H](C(F)c2cccc(F)c2-c2nc(C=O)c(N)cc2F)C1. The van der Waals surface area contributed by atoms with Crippen LogP contribution in [-0.2, 0) is 0 Å². The van der Waals surface area contributed by atoms with Crippen molar-refractivity contribution >= 4 is 17.7 Å². The van der Waals surface area contributed by atoms with Gasteiger partial charge in [-0.15, -0.1) is 0 Å². The van der Waals surface area contributed by atoms with Gasteiger partial charge < -0.3 is 27.8 Å². The molecule has 3 aromatic rings. The van der Waals surface area contributed by atoms with E-state index < -0.39 is 41.5 Å². The van der Waals surface area contributed by atoms with Crippen LogP contribution in [0.2, 0.25) is 0 Å². The van der Waals surface area contributed by atoms with Crippen LogP contribution in [0.25, 0.3) is 11.3 Å². The maximum absolute atomic E-state index is 16.7. The molecule has 1 aliphatic carbocycles. The summed E-state index contributed by atoms with van der Waals surface area (Å²) in [7, 11) is 1.77. The van der Waals surface area contributed by atoms with E-state index in [0.717, 1.165) is 23.4 Å². The van der Waals surface area contributed by atoms with Gasteiger partial charge in [-0.05, 0) is 42.0 Å². The number of pyridine rings is 2. The van der Waals surface area contributed by atoms with E-state index in [4.69, 9.17) is 17.2 Å². The number of nitrogens with two attached hydrogens (primary N) is 3. The Balaban J connectivity index is 1.82. The second-order valence-electron chi connectivity index (χ2n) is 9.28. The van der Waals surface area contributed by atoms with Crippen molar-refractivity contribution in [1.82, 2.24) is 15.3 Å². The summed E-state index contributed by atoms with van der Waals surface area (Å²) in [5, 5.41) is 6.20. The molecule has 4 unspecified atom stereocenters. The Hall–Kier alpha value is -4.12. The molecule has 0 bridgehead atoms. The van der Waals surface area contributed by atoms with E-state index in [1.54, 1.807) is 19.4 Å². The molecule has 2 heterocycles. The second kappa shape index (κ2) is 11.5. The third-order valence-corrected chi connectivity index (χ3v) is 7.09. The Morgan fingerprint density at radius 3 is 2.68 bits per heavy atom. The number of hydrogen-bond acceptors (Lipinski definition) is 8. The number of hydrogen-bond donors (Lipinski definition) is 5. The highest BCUT2D eigenvalue weighted by atomic mass is 19.1. The lowest BCUT2D eigenvalue weighted by Crippen LogP contribution is -2.53. The third kappa shape index (κ3) is 5.14. The highest BCUT2D eigenvalue weighted by Gasteiger charge is 2.42. The zero-order valence-electron chi connectivity index (χ0n) is 20.7. The van der Waals surface area contributed by atoms with Crippen LogP contribution in [0.3, 0.4) is 0 Å². The number of nitrogens with one attached hydrogen (secondary N) is 2. The summed E-state index contributed by atoms with van der Waals surface area (Å²) in [6.07, 6.45) is 5.57. The molecule has 0 spiro atoms. The summed E-state index contributed by atoms with van der Waals surface area (Å²) < 4.78 is 46.9. The van der Waals surface area contributed by atoms with Crippen molar-refractivity contribution in [2.45, 2.75) is 37.0 Å². The van der Waals surface area contributed by atoms with Gasteiger partial charge in [-0.2, -0.15) is 0 Å². The number of benzene rings is 1. The summed E-state index contributed by atoms with van der Waals surface area (Å²) in [5.74, 6) is -2.75. The van der Waals surface area contributed by atoms with E-state index in [2.05, 4.69) is 20.6 Å². The van der Waals surface area contributed by atoms with E-state index >= 15 is 8.78 Å². The largest absolute Gasteiger partial charge is 0.403 e. The van der Waals surface area contributed by atoms with E-state index in [1.807, 2.05) is 6.07 Å². The fraction of sp³-hybridized carbons (Fsp3) is 0.296. The Labute approximate surface area is 218 Å². The quantitative estimate of drug-likeness (QED) is 0.280. The zero-order chi connectivity index (χ0) is 27.4. The number of carbonyl (C=O) groups is 1. The molecule has 8 nitrogen and oxygen atoms in total. The Kier molecular flexibility index (Phi) is 8.16. The number of nitrogen functional groups attached to an aromatic ring is 1. The first kappa shape index (κ1) is 26.9. The van der Waals surface area contributed by atoms with Gasteiger partial charge in [-0.3, -0.25) is 9.78 Å². The molecule has 2 aromatic heterocycles. The minimum atomic E-state index is -1.78.